The SMILES string of the molecule is COc1cc(Cl)cc(CC2(N)CC2)c1Br. The summed E-state index contributed by atoms with van der Waals surface area (Å²) in [6.07, 6.45) is 3.03. The summed E-state index contributed by atoms with van der Waals surface area (Å²) >= 11 is 9.53. The highest BCUT2D eigenvalue weighted by atomic mass is 79.9. The van der Waals surface area contributed by atoms with Crippen molar-refractivity contribution in [2.24, 2.45) is 5.73 Å². The van der Waals surface area contributed by atoms with Crippen LogP contribution in [0.2, 0.25) is 5.02 Å². The molecule has 1 saturated carbocycles. The fraction of sp³-hybridized carbons (Fsp3) is 0.455. The quantitative estimate of drug-likeness (QED) is 0.928. The lowest BCUT2D eigenvalue weighted by molar-refractivity contribution is 0.411. The molecule has 0 atom stereocenters. The average molecular weight is 291 g/mol. The van der Waals surface area contributed by atoms with Crippen molar-refractivity contribution >= 4 is 27.5 Å². The summed E-state index contributed by atoms with van der Waals surface area (Å²) in [7, 11) is 1.63. The Hall–Kier alpha value is -0.250. The van der Waals surface area contributed by atoms with Crippen molar-refractivity contribution in [1.29, 1.82) is 0 Å². The number of halogens is 2. The van der Waals surface area contributed by atoms with E-state index in [0.29, 0.717) is 5.02 Å². The summed E-state index contributed by atoms with van der Waals surface area (Å²) in [5.41, 5.74) is 7.19. The van der Waals surface area contributed by atoms with E-state index < -0.39 is 0 Å². The van der Waals surface area contributed by atoms with E-state index in [1.54, 1.807) is 13.2 Å². The van der Waals surface area contributed by atoms with Crippen molar-refractivity contribution in [2.75, 3.05) is 7.11 Å². The maximum atomic E-state index is 6.08. The summed E-state index contributed by atoms with van der Waals surface area (Å²) in [5.74, 6) is 0.766. The number of methoxy groups -OCH3 is 1. The minimum absolute atomic E-state index is 0.0157. The molecular weight excluding hydrogens is 277 g/mol. The van der Waals surface area contributed by atoms with Crippen LogP contribution in [0.3, 0.4) is 0 Å². The van der Waals surface area contributed by atoms with Crippen molar-refractivity contribution in [1.82, 2.24) is 0 Å². The Bertz CT molecular complexity index is 390. The molecule has 2 N–H and O–H groups in total. The molecule has 0 aromatic heterocycles. The molecule has 82 valence electrons. The molecule has 0 spiro atoms. The molecule has 2 rings (SSSR count). The largest absolute Gasteiger partial charge is 0.496 e. The summed E-state index contributed by atoms with van der Waals surface area (Å²) in [6, 6.07) is 3.74. The normalized spacial score (nSPS) is 17.6. The topological polar surface area (TPSA) is 35.2 Å². The molecule has 1 aliphatic carbocycles. The second-order valence-electron chi connectivity index (χ2n) is 4.12. The third-order valence-electron chi connectivity index (χ3n) is 2.73. The summed E-state index contributed by atoms with van der Waals surface area (Å²) in [5, 5.41) is 0.689. The van der Waals surface area contributed by atoms with Crippen LogP contribution in [-0.4, -0.2) is 12.6 Å². The molecule has 0 saturated heterocycles. The van der Waals surface area contributed by atoms with Gasteiger partial charge < -0.3 is 10.5 Å². The maximum absolute atomic E-state index is 6.08. The van der Waals surface area contributed by atoms with Crippen molar-refractivity contribution in [2.45, 2.75) is 24.8 Å². The molecule has 1 aliphatic rings. The van der Waals surface area contributed by atoms with Crippen LogP contribution in [0.1, 0.15) is 18.4 Å². The predicted molar refractivity (Wildman–Crippen MR) is 65.6 cm³/mol. The van der Waals surface area contributed by atoms with Crippen molar-refractivity contribution in [3.8, 4) is 5.75 Å². The summed E-state index contributed by atoms with van der Waals surface area (Å²) in [6.45, 7) is 0. The third-order valence-corrected chi connectivity index (χ3v) is 3.85. The molecular formula is C11H13BrClNO. The Balaban J connectivity index is 2.32. The average Bonchev–Trinajstić information content (AvgIpc) is 2.89. The van der Waals surface area contributed by atoms with Gasteiger partial charge >= 0.3 is 0 Å². The van der Waals surface area contributed by atoms with Crippen LogP contribution in [0, 0.1) is 0 Å². The maximum Gasteiger partial charge on any atom is 0.134 e. The lowest BCUT2D eigenvalue weighted by Crippen LogP contribution is -2.24. The molecule has 1 aromatic rings. The molecule has 1 aromatic carbocycles. The van der Waals surface area contributed by atoms with E-state index in [1.807, 2.05) is 6.07 Å². The Kier molecular flexibility index (Phi) is 2.97. The Morgan fingerprint density at radius 3 is 2.73 bits per heavy atom. The summed E-state index contributed by atoms with van der Waals surface area (Å²) in [4.78, 5) is 0. The summed E-state index contributed by atoms with van der Waals surface area (Å²) < 4.78 is 6.19. The molecule has 4 heteroatoms. The van der Waals surface area contributed by atoms with Gasteiger partial charge in [-0.05, 0) is 52.9 Å². The van der Waals surface area contributed by atoms with Crippen LogP contribution in [0.5, 0.6) is 5.75 Å². The smallest absolute Gasteiger partial charge is 0.134 e. The van der Waals surface area contributed by atoms with Gasteiger partial charge in [0.15, 0.2) is 0 Å². The predicted octanol–water partition coefficient (Wildman–Crippen LogP) is 3.14. The molecule has 1 fully saturated rings. The molecule has 0 unspecified atom stereocenters. The van der Waals surface area contributed by atoms with Gasteiger partial charge in [-0.2, -0.15) is 0 Å². The monoisotopic (exact) mass is 289 g/mol. The van der Waals surface area contributed by atoms with Gasteiger partial charge in [-0.3, -0.25) is 0 Å². The van der Waals surface area contributed by atoms with Gasteiger partial charge in [-0.25, -0.2) is 0 Å². The van der Waals surface area contributed by atoms with Gasteiger partial charge in [0.25, 0.3) is 0 Å². The fourth-order valence-electron chi connectivity index (χ4n) is 1.61. The second-order valence-corrected chi connectivity index (χ2v) is 5.35. The minimum atomic E-state index is -0.0157. The van der Waals surface area contributed by atoms with E-state index in [-0.39, 0.29) is 5.54 Å². The Labute approximate surface area is 103 Å². The molecule has 0 radical (unpaired) electrons. The third kappa shape index (κ3) is 2.47. The van der Waals surface area contributed by atoms with E-state index in [9.17, 15) is 0 Å². The first-order valence-corrected chi connectivity index (χ1v) is 6.02. The lowest BCUT2D eigenvalue weighted by atomic mass is 10.0. The zero-order chi connectivity index (χ0) is 11.1. The van der Waals surface area contributed by atoms with Crippen LogP contribution < -0.4 is 10.5 Å². The first kappa shape index (κ1) is 11.2. The van der Waals surface area contributed by atoms with Gasteiger partial charge in [-0.15, -0.1) is 0 Å². The van der Waals surface area contributed by atoms with Gasteiger partial charge in [0.05, 0.1) is 11.6 Å². The zero-order valence-corrected chi connectivity index (χ0v) is 10.9. The van der Waals surface area contributed by atoms with Crippen LogP contribution >= 0.6 is 27.5 Å². The first-order chi connectivity index (χ1) is 7.04. The highest BCUT2D eigenvalue weighted by molar-refractivity contribution is 9.10. The Morgan fingerprint density at radius 2 is 2.20 bits per heavy atom. The van der Waals surface area contributed by atoms with E-state index in [2.05, 4.69) is 15.9 Å². The molecule has 15 heavy (non-hydrogen) atoms. The van der Waals surface area contributed by atoms with E-state index in [0.717, 1.165) is 35.0 Å². The minimum Gasteiger partial charge on any atom is -0.496 e. The molecule has 0 heterocycles. The first-order valence-electron chi connectivity index (χ1n) is 4.85. The van der Waals surface area contributed by atoms with Crippen LogP contribution in [0.4, 0.5) is 0 Å². The standard InChI is InChI=1S/C11H13BrClNO/c1-15-9-5-8(13)4-7(10(9)12)6-11(14)2-3-11/h4-5H,2-3,6,14H2,1H3. The molecule has 0 bridgehead atoms. The number of hydrogen-bond acceptors (Lipinski definition) is 2. The highest BCUT2D eigenvalue weighted by Crippen LogP contribution is 2.40. The number of nitrogens with two attached hydrogens (primary N) is 1. The van der Waals surface area contributed by atoms with Gasteiger partial charge in [0.1, 0.15) is 5.75 Å². The van der Waals surface area contributed by atoms with E-state index >= 15 is 0 Å². The van der Waals surface area contributed by atoms with Gasteiger partial charge in [0, 0.05) is 10.6 Å². The Morgan fingerprint density at radius 1 is 1.53 bits per heavy atom. The molecule has 0 aliphatic heterocycles. The number of rotatable bonds is 3. The van der Waals surface area contributed by atoms with Gasteiger partial charge in [0.2, 0.25) is 0 Å². The van der Waals surface area contributed by atoms with Crippen LogP contribution in [0.25, 0.3) is 0 Å². The lowest BCUT2D eigenvalue weighted by Gasteiger charge is -2.13. The van der Waals surface area contributed by atoms with Crippen molar-refractivity contribution in [3.63, 3.8) is 0 Å². The second kappa shape index (κ2) is 3.96. The fourth-order valence-corrected chi connectivity index (χ4v) is 2.37. The van der Waals surface area contributed by atoms with Crippen LogP contribution in [0.15, 0.2) is 16.6 Å². The molecule has 2 nitrogen and oxygen atoms in total. The van der Waals surface area contributed by atoms with Crippen LogP contribution in [-0.2, 0) is 6.42 Å². The number of benzene rings is 1. The van der Waals surface area contributed by atoms with E-state index in [4.69, 9.17) is 22.1 Å². The zero-order valence-electron chi connectivity index (χ0n) is 8.52. The number of ether oxygens (including phenoxy) is 1. The highest BCUT2D eigenvalue weighted by Gasteiger charge is 2.38. The molecule has 0 amide bonds. The van der Waals surface area contributed by atoms with Crippen molar-refractivity contribution in [3.05, 3.63) is 27.2 Å². The van der Waals surface area contributed by atoms with E-state index in [1.165, 1.54) is 0 Å². The van der Waals surface area contributed by atoms with Gasteiger partial charge in [-0.1, -0.05) is 11.6 Å². The number of hydrogen-bond donors (Lipinski definition) is 1. The van der Waals surface area contributed by atoms with Crippen molar-refractivity contribution < 1.29 is 4.74 Å².